The van der Waals surface area contributed by atoms with Crippen LogP contribution >= 0.6 is 15.2 Å². The zero-order chi connectivity index (χ0) is 15.5. The Labute approximate surface area is 198 Å². The first-order valence-corrected chi connectivity index (χ1v) is 8.97. The fourth-order valence-electron chi connectivity index (χ4n) is 1.62. The van der Waals surface area contributed by atoms with Gasteiger partial charge in [-0.1, -0.05) is 13.3 Å². The van der Waals surface area contributed by atoms with E-state index in [1.165, 1.54) is 0 Å². The first kappa shape index (κ1) is 32.9. The normalized spacial score (nSPS) is 18.0. The maximum atomic E-state index is 11.0. The molecule has 22 heavy (non-hydrogen) atoms. The zero-order valence-electron chi connectivity index (χ0n) is 14.2. The average molecular weight is 385 g/mol. The summed E-state index contributed by atoms with van der Waals surface area (Å²) in [6.45, 7) is 3.63. The summed E-state index contributed by atoms with van der Waals surface area (Å²) in [5.74, 6) is 0. The third kappa shape index (κ3) is 9.79. The minimum atomic E-state index is -5.91. The SMILES string of the molecule is CCCC(C)N(C)CCC(O)(P(=O)([O-])[O-])P(=O)([O-])O.[Na+].[Na+].[Na+]. The van der Waals surface area contributed by atoms with E-state index in [2.05, 4.69) is 0 Å². The average Bonchev–Trinajstić information content (AvgIpc) is 2.22. The summed E-state index contributed by atoms with van der Waals surface area (Å²) >= 11 is 0. The second-order valence-electron chi connectivity index (χ2n) is 4.66. The second-order valence-corrected chi connectivity index (χ2v) is 8.53. The van der Waals surface area contributed by atoms with Crippen LogP contribution in [0, 0.1) is 0 Å². The predicted molar refractivity (Wildman–Crippen MR) is 64.0 cm³/mol. The van der Waals surface area contributed by atoms with Crippen LogP contribution in [0.25, 0.3) is 0 Å². The summed E-state index contributed by atoms with van der Waals surface area (Å²) < 4.78 is 21.8. The number of hydrogen-bond donors (Lipinski definition) is 2. The van der Waals surface area contributed by atoms with E-state index in [1.807, 2.05) is 13.8 Å². The molecule has 0 spiro atoms. The van der Waals surface area contributed by atoms with Crippen LogP contribution in [0.2, 0.25) is 0 Å². The molecular formula is C9H20NNa3O7P2. The molecule has 0 aromatic heterocycles. The van der Waals surface area contributed by atoms with Gasteiger partial charge in [0.2, 0.25) is 0 Å². The van der Waals surface area contributed by atoms with Gasteiger partial charge in [-0.3, -0.25) is 0 Å². The van der Waals surface area contributed by atoms with Crippen LogP contribution in [-0.2, 0) is 9.13 Å². The molecule has 0 fully saturated rings. The van der Waals surface area contributed by atoms with Crippen molar-refractivity contribution in [1.82, 2.24) is 4.90 Å². The fraction of sp³-hybridized carbons (Fsp3) is 1.00. The molecule has 8 nitrogen and oxygen atoms in total. The van der Waals surface area contributed by atoms with Gasteiger partial charge in [-0.25, -0.2) is 0 Å². The topological polar surface area (TPSA) is 147 Å². The van der Waals surface area contributed by atoms with Crippen LogP contribution in [0.5, 0.6) is 0 Å². The largest absolute Gasteiger partial charge is 1.00 e. The summed E-state index contributed by atoms with van der Waals surface area (Å²) in [6.07, 6.45) is 0.770. The quantitative estimate of drug-likeness (QED) is 0.309. The third-order valence-corrected chi connectivity index (χ3v) is 6.87. The maximum absolute atomic E-state index is 11.0. The van der Waals surface area contributed by atoms with Crippen molar-refractivity contribution >= 4 is 15.2 Å². The fourth-order valence-corrected chi connectivity index (χ4v) is 3.61. The van der Waals surface area contributed by atoms with Gasteiger partial charge in [0.15, 0.2) is 12.7 Å². The van der Waals surface area contributed by atoms with Gasteiger partial charge in [-0.05, 0) is 28.0 Å². The first-order chi connectivity index (χ1) is 8.37. The summed E-state index contributed by atoms with van der Waals surface area (Å²) in [6, 6.07) is 0.0247. The zero-order valence-corrected chi connectivity index (χ0v) is 22.0. The van der Waals surface area contributed by atoms with Crippen molar-refractivity contribution < 1.29 is 122 Å². The molecule has 116 valence electrons. The molecule has 0 heterocycles. The Balaban J connectivity index is -0.000000540. The second kappa shape index (κ2) is 13.4. The van der Waals surface area contributed by atoms with Crippen molar-refractivity contribution in [3.63, 3.8) is 0 Å². The number of hydrogen-bond acceptors (Lipinski definition) is 7. The molecule has 0 aliphatic rings. The molecule has 0 aliphatic carbocycles. The van der Waals surface area contributed by atoms with Crippen molar-refractivity contribution in [2.24, 2.45) is 0 Å². The van der Waals surface area contributed by atoms with Crippen LogP contribution in [0.1, 0.15) is 33.1 Å². The van der Waals surface area contributed by atoms with Crippen LogP contribution in [0.15, 0.2) is 0 Å². The Morgan fingerprint density at radius 1 is 1.18 bits per heavy atom. The van der Waals surface area contributed by atoms with Gasteiger partial charge >= 0.3 is 88.7 Å². The van der Waals surface area contributed by atoms with Gasteiger partial charge in [-0.15, -0.1) is 0 Å². The molecule has 0 aromatic carbocycles. The van der Waals surface area contributed by atoms with E-state index >= 15 is 0 Å². The smallest absolute Gasteiger partial charge is 0.808 e. The van der Waals surface area contributed by atoms with Crippen LogP contribution in [0.4, 0.5) is 0 Å². The molecule has 0 saturated carbocycles. The van der Waals surface area contributed by atoms with Crippen molar-refractivity contribution in [3.8, 4) is 0 Å². The van der Waals surface area contributed by atoms with Crippen molar-refractivity contribution in [3.05, 3.63) is 0 Å². The molecule has 2 N–H and O–H groups in total. The van der Waals surface area contributed by atoms with Gasteiger partial charge in [-0.2, -0.15) is 0 Å². The molecule has 0 radical (unpaired) electrons. The summed E-state index contributed by atoms with van der Waals surface area (Å²) in [5, 5.41) is 5.85. The molecule has 0 rings (SSSR count). The Kier molecular flexibility index (Phi) is 20.0. The van der Waals surface area contributed by atoms with Gasteiger partial charge in [0.05, 0.1) is 0 Å². The van der Waals surface area contributed by atoms with Crippen molar-refractivity contribution in [2.45, 2.75) is 44.2 Å². The van der Waals surface area contributed by atoms with Crippen molar-refractivity contribution in [1.29, 1.82) is 0 Å². The Hall–Kier alpha value is 3.22. The minimum absolute atomic E-state index is 0. The van der Waals surface area contributed by atoms with E-state index in [4.69, 9.17) is 4.89 Å². The van der Waals surface area contributed by atoms with Gasteiger partial charge < -0.3 is 38.7 Å². The van der Waals surface area contributed by atoms with Gasteiger partial charge in [0.25, 0.3) is 0 Å². The molecule has 0 amide bonds. The first-order valence-electron chi connectivity index (χ1n) is 5.85. The van der Waals surface area contributed by atoms with Crippen LogP contribution < -0.4 is 103 Å². The molecule has 3 atom stereocenters. The molecule has 13 heteroatoms. The number of rotatable bonds is 8. The number of aliphatic hydroxyl groups is 1. The Bertz CT molecular complexity index is 367. The molecule has 0 bridgehead atoms. The summed E-state index contributed by atoms with van der Waals surface area (Å²) in [4.78, 5) is 43.1. The standard InChI is InChI=1S/C9H23NO7P2.3Na/c1-4-5-8(2)10(3)7-6-9(11,18(12,13)14)19(15,16)17;;;/h8,11H,4-7H2,1-3H3,(H2,12,13,14)(H2,15,16,17);;;/q;3*+1/p-3. The van der Waals surface area contributed by atoms with E-state index in [0.29, 0.717) is 0 Å². The molecule has 0 saturated heterocycles. The monoisotopic (exact) mass is 385 g/mol. The third-order valence-electron chi connectivity index (χ3n) is 3.15. The van der Waals surface area contributed by atoms with Crippen LogP contribution in [-0.4, -0.2) is 39.6 Å². The predicted octanol–water partition coefficient (Wildman–Crippen LogP) is -10.4. The number of nitrogens with zero attached hydrogens (tertiary/aromatic N) is 1. The van der Waals surface area contributed by atoms with E-state index in [9.17, 15) is 28.9 Å². The van der Waals surface area contributed by atoms with Gasteiger partial charge in [0.1, 0.15) is 0 Å². The van der Waals surface area contributed by atoms with E-state index in [-0.39, 0.29) is 101 Å². The summed E-state index contributed by atoms with van der Waals surface area (Å²) in [5.41, 5.74) is 0. The Morgan fingerprint density at radius 3 is 1.86 bits per heavy atom. The molecular weight excluding hydrogens is 365 g/mol. The van der Waals surface area contributed by atoms with E-state index < -0.39 is 26.7 Å². The van der Waals surface area contributed by atoms with Crippen molar-refractivity contribution in [2.75, 3.05) is 13.6 Å². The molecule has 3 unspecified atom stereocenters. The molecule has 0 aliphatic heterocycles. The molecule has 0 aromatic rings. The maximum Gasteiger partial charge on any atom is 1.00 e. The van der Waals surface area contributed by atoms with E-state index in [0.717, 1.165) is 12.8 Å². The van der Waals surface area contributed by atoms with E-state index in [1.54, 1.807) is 11.9 Å². The minimum Gasteiger partial charge on any atom is -0.808 e. The summed E-state index contributed by atoms with van der Waals surface area (Å²) in [7, 11) is -10.0. The van der Waals surface area contributed by atoms with Gasteiger partial charge in [0, 0.05) is 19.0 Å². The van der Waals surface area contributed by atoms with Crippen LogP contribution in [0.3, 0.4) is 0 Å². The Morgan fingerprint density at radius 2 is 1.59 bits per heavy atom.